The van der Waals surface area contributed by atoms with E-state index in [1.165, 1.54) is 6.07 Å². The molecule has 7 nitrogen and oxygen atoms in total. The van der Waals surface area contributed by atoms with Crippen LogP contribution >= 0.6 is 22.6 Å². The van der Waals surface area contributed by atoms with Crippen LogP contribution < -0.4 is 10.1 Å². The maximum Gasteiger partial charge on any atom is 0.313 e. The molecule has 1 atom stereocenters. The molecule has 0 saturated heterocycles. The van der Waals surface area contributed by atoms with Gasteiger partial charge in [-0.15, -0.1) is 0 Å². The lowest BCUT2D eigenvalue weighted by molar-refractivity contribution is -0.386. The molecule has 1 unspecified atom stereocenters. The van der Waals surface area contributed by atoms with Crippen LogP contribution in [0.4, 0.5) is 5.69 Å². The Labute approximate surface area is 129 Å². The van der Waals surface area contributed by atoms with E-state index in [0.717, 1.165) is 6.07 Å². The molecule has 104 valence electrons. The number of hydrogen-bond donors (Lipinski definition) is 1. The Balaban J connectivity index is 3.03. The van der Waals surface area contributed by atoms with Crippen LogP contribution in [-0.4, -0.2) is 24.1 Å². The number of nitro benzene ring substituents is 1. The average molecular weight is 386 g/mol. The lowest BCUT2D eigenvalue weighted by Crippen LogP contribution is -2.33. The molecule has 1 aromatic rings. The van der Waals surface area contributed by atoms with E-state index in [-0.39, 0.29) is 23.6 Å². The van der Waals surface area contributed by atoms with Gasteiger partial charge in [0.1, 0.15) is 12.6 Å². The Kier molecular flexibility index (Phi) is 6.15. The predicted molar refractivity (Wildman–Crippen MR) is 79.1 cm³/mol. The Bertz CT molecular complexity index is 592. The Morgan fingerprint density at radius 3 is 2.75 bits per heavy atom. The molecule has 0 saturated carbocycles. The third kappa shape index (κ3) is 4.05. The maximum atomic E-state index is 11.0. The fraction of sp³-hybridized carbons (Fsp3) is 0.333. The molecule has 0 spiro atoms. The minimum atomic E-state index is -0.604. The van der Waals surface area contributed by atoms with Gasteiger partial charge in [0.05, 0.1) is 26.2 Å². The number of ether oxygens (including phenoxy) is 1. The Hall–Kier alpha value is -1.91. The van der Waals surface area contributed by atoms with E-state index in [0.29, 0.717) is 10.1 Å². The summed E-state index contributed by atoms with van der Waals surface area (Å²) in [7, 11) is 0. The molecule has 0 aliphatic heterocycles. The third-order valence-electron chi connectivity index (χ3n) is 2.35. The van der Waals surface area contributed by atoms with Crippen LogP contribution in [0.15, 0.2) is 12.1 Å². The first-order valence-electron chi connectivity index (χ1n) is 5.67. The van der Waals surface area contributed by atoms with Crippen molar-refractivity contribution in [1.29, 1.82) is 10.5 Å². The number of nitrogens with one attached hydrogen (secondary N) is 1. The summed E-state index contributed by atoms with van der Waals surface area (Å²) in [5, 5.41) is 31.6. The van der Waals surface area contributed by atoms with Crippen LogP contribution in [0.5, 0.6) is 5.75 Å². The molecule has 0 radical (unpaired) electrons. The molecular formula is C12H11IN4O3. The molecular weight excluding hydrogens is 375 g/mol. The fourth-order valence-electron chi connectivity index (χ4n) is 1.48. The first kappa shape index (κ1) is 16.1. The quantitative estimate of drug-likeness (QED) is 0.454. The highest BCUT2D eigenvalue weighted by Crippen LogP contribution is 2.33. The number of hydrogen-bond acceptors (Lipinski definition) is 6. The van der Waals surface area contributed by atoms with Crippen LogP contribution in [0.2, 0.25) is 0 Å². The molecule has 0 amide bonds. The van der Waals surface area contributed by atoms with Gasteiger partial charge in [0.25, 0.3) is 0 Å². The predicted octanol–water partition coefficient (Wildman–Crippen LogP) is 1.95. The highest BCUT2D eigenvalue weighted by molar-refractivity contribution is 14.1. The summed E-state index contributed by atoms with van der Waals surface area (Å²) in [4.78, 5) is 10.4. The summed E-state index contributed by atoms with van der Waals surface area (Å²) in [6.07, 6.45) is 0. The highest BCUT2D eigenvalue weighted by atomic mass is 127. The Morgan fingerprint density at radius 2 is 2.25 bits per heavy atom. The van der Waals surface area contributed by atoms with Crippen molar-refractivity contribution in [3.63, 3.8) is 0 Å². The van der Waals surface area contributed by atoms with Gasteiger partial charge in [-0.3, -0.25) is 15.4 Å². The van der Waals surface area contributed by atoms with Gasteiger partial charge >= 0.3 is 5.69 Å². The average Bonchev–Trinajstić information content (AvgIpc) is 2.43. The zero-order valence-electron chi connectivity index (χ0n) is 10.6. The second kappa shape index (κ2) is 7.62. The smallest absolute Gasteiger partial charge is 0.313 e. The highest BCUT2D eigenvalue weighted by Gasteiger charge is 2.21. The van der Waals surface area contributed by atoms with E-state index < -0.39 is 11.0 Å². The standard InChI is InChI=1S/C12H11IN4O3/c1-2-16-9(6-15)7-20-12-10(13)3-8(5-14)4-11(12)17(18)19/h3-4,9,16H,2,7H2,1H3. The van der Waals surface area contributed by atoms with E-state index in [9.17, 15) is 10.1 Å². The lowest BCUT2D eigenvalue weighted by atomic mass is 10.2. The van der Waals surface area contributed by atoms with Crippen molar-refractivity contribution in [3.05, 3.63) is 31.4 Å². The molecule has 0 aromatic heterocycles. The van der Waals surface area contributed by atoms with Crippen molar-refractivity contribution in [1.82, 2.24) is 5.32 Å². The van der Waals surface area contributed by atoms with Crippen LogP contribution in [0.25, 0.3) is 0 Å². The van der Waals surface area contributed by atoms with Crippen molar-refractivity contribution in [2.24, 2.45) is 0 Å². The molecule has 0 aliphatic rings. The number of rotatable bonds is 6. The van der Waals surface area contributed by atoms with Gasteiger partial charge in [-0.25, -0.2) is 0 Å². The van der Waals surface area contributed by atoms with Gasteiger partial charge in [0.2, 0.25) is 5.75 Å². The third-order valence-corrected chi connectivity index (χ3v) is 3.15. The molecule has 0 aliphatic carbocycles. The SMILES string of the molecule is CCNC(C#N)COc1c(I)cc(C#N)cc1[N+](=O)[O-]. The van der Waals surface area contributed by atoms with Gasteiger partial charge in [-0.2, -0.15) is 10.5 Å². The molecule has 0 fully saturated rings. The maximum absolute atomic E-state index is 11.0. The van der Waals surface area contributed by atoms with E-state index in [1.54, 1.807) is 0 Å². The summed E-state index contributed by atoms with van der Waals surface area (Å²) >= 11 is 1.86. The fourth-order valence-corrected chi connectivity index (χ4v) is 2.24. The minimum Gasteiger partial charge on any atom is -0.483 e. The normalized spacial score (nSPS) is 11.2. The largest absolute Gasteiger partial charge is 0.483 e. The monoisotopic (exact) mass is 386 g/mol. The molecule has 8 heteroatoms. The van der Waals surface area contributed by atoms with Crippen molar-refractivity contribution in [3.8, 4) is 17.9 Å². The van der Waals surface area contributed by atoms with Crippen molar-refractivity contribution in [2.75, 3.05) is 13.2 Å². The van der Waals surface area contributed by atoms with E-state index in [1.807, 2.05) is 41.7 Å². The van der Waals surface area contributed by atoms with Gasteiger partial charge in [-0.05, 0) is 35.2 Å². The first-order chi connectivity index (χ1) is 9.53. The molecule has 0 heterocycles. The first-order valence-corrected chi connectivity index (χ1v) is 6.75. The molecule has 1 aromatic carbocycles. The zero-order chi connectivity index (χ0) is 15.1. The van der Waals surface area contributed by atoms with Crippen LogP contribution in [-0.2, 0) is 0 Å². The van der Waals surface area contributed by atoms with Gasteiger partial charge in [-0.1, -0.05) is 6.92 Å². The topological polar surface area (TPSA) is 112 Å². The van der Waals surface area contributed by atoms with Gasteiger partial charge in [0.15, 0.2) is 0 Å². The summed E-state index contributed by atoms with van der Waals surface area (Å²) in [6, 6.07) is 5.97. The second-order valence-electron chi connectivity index (χ2n) is 3.73. The van der Waals surface area contributed by atoms with Crippen LogP contribution in [0.1, 0.15) is 12.5 Å². The molecule has 20 heavy (non-hydrogen) atoms. The van der Waals surface area contributed by atoms with Gasteiger partial charge < -0.3 is 4.74 Å². The summed E-state index contributed by atoms with van der Waals surface area (Å²) in [5.74, 6) is 0.0766. The van der Waals surface area contributed by atoms with Gasteiger partial charge in [0, 0.05) is 6.07 Å². The van der Waals surface area contributed by atoms with Crippen molar-refractivity contribution in [2.45, 2.75) is 13.0 Å². The number of nitriles is 2. The number of benzene rings is 1. The van der Waals surface area contributed by atoms with Crippen LogP contribution in [0, 0.1) is 36.3 Å². The lowest BCUT2D eigenvalue weighted by Gasteiger charge is -2.13. The van der Waals surface area contributed by atoms with Crippen molar-refractivity contribution < 1.29 is 9.66 Å². The summed E-state index contributed by atoms with van der Waals surface area (Å²) in [5.41, 5.74) is -0.0846. The molecule has 1 N–H and O–H groups in total. The minimum absolute atomic E-state index is 0.00686. The number of nitro groups is 1. The summed E-state index contributed by atoms with van der Waals surface area (Å²) < 4.78 is 5.85. The van der Waals surface area contributed by atoms with Crippen LogP contribution in [0.3, 0.4) is 0 Å². The van der Waals surface area contributed by atoms with Crippen molar-refractivity contribution >= 4 is 28.3 Å². The van der Waals surface area contributed by atoms with E-state index in [2.05, 4.69) is 5.32 Å². The second-order valence-corrected chi connectivity index (χ2v) is 4.89. The Morgan fingerprint density at radius 1 is 1.55 bits per heavy atom. The van der Waals surface area contributed by atoms with E-state index in [4.69, 9.17) is 15.3 Å². The zero-order valence-corrected chi connectivity index (χ0v) is 12.7. The van der Waals surface area contributed by atoms with E-state index >= 15 is 0 Å². The number of halogens is 1. The molecule has 0 bridgehead atoms. The molecule has 1 rings (SSSR count). The summed E-state index contributed by atoms with van der Waals surface area (Å²) in [6.45, 7) is 2.43. The number of likely N-dealkylation sites (N-methyl/N-ethyl adjacent to an activating group) is 1. The number of nitrogens with zero attached hydrogens (tertiary/aromatic N) is 3.